The quantitative estimate of drug-likeness (QED) is 0.592. The Morgan fingerprint density at radius 2 is 2.35 bits per heavy atom. The van der Waals surface area contributed by atoms with Gasteiger partial charge in [0, 0.05) is 18.3 Å². The predicted molar refractivity (Wildman–Crippen MR) is 74.6 cm³/mol. The average molecular weight is 270 g/mol. The number of rotatable bonds is 5. The smallest absolute Gasteiger partial charge is 0.238 e. The Kier molecular flexibility index (Phi) is 4.42. The van der Waals surface area contributed by atoms with Gasteiger partial charge in [0.2, 0.25) is 5.91 Å². The molecule has 0 radical (unpaired) electrons. The second-order valence-corrected chi connectivity index (χ2v) is 4.06. The van der Waals surface area contributed by atoms with Gasteiger partial charge in [-0.25, -0.2) is 4.68 Å². The first kappa shape index (κ1) is 13.7. The number of nitrogens with zero attached hydrogens (tertiary/aromatic N) is 4. The number of hydrogen-bond acceptors (Lipinski definition) is 5. The van der Waals surface area contributed by atoms with Crippen LogP contribution >= 0.6 is 0 Å². The van der Waals surface area contributed by atoms with Crippen molar-refractivity contribution in [3.63, 3.8) is 0 Å². The third kappa shape index (κ3) is 3.40. The monoisotopic (exact) mass is 270 g/mol. The zero-order valence-corrected chi connectivity index (χ0v) is 11.0. The van der Waals surface area contributed by atoms with Crippen molar-refractivity contribution in [2.45, 2.75) is 0 Å². The van der Waals surface area contributed by atoms with E-state index < -0.39 is 0 Å². The van der Waals surface area contributed by atoms with Gasteiger partial charge in [0.15, 0.2) is 5.82 Å². The van der Waals surface area contributed by atoms with Gasteiger partial charge in [0.25, 0.3) is 0 Å². The Morgan fingerprint density at radius 3 is 3.05 bits per heavy atom. The van der Waals surface area contributed by atoms with Crippen molar-refractivity contribution in [2.75, 3.05) is 18.4 Å². The lowest BCUT2D eigenvalue weighted by Gasteiger charge is -2.07. The molecular weight excluding hydrogens is 256 g/mol. The molecule has 0 aliphatic carbocycles. The van der Waals surface area contributed by atoms with Crippen molar-refractivity contribution in [3.05, 3.63) is 24.3 Å². The number of nitrogens with one attached hydrogen (secondary N) is 2. The van der Waals surface area contributed by atoms with Gasteiger partial charge in [-0.05, 0) is 22.6 Å². The molecule has 7 heteroatoms. The molecule has 1 aromatic heterocycles. The maximum atomic E-state index is 11.7. The summed E-state index contributed by atoms with van der Waals surface area (Å²) in [6, 6.07) is 7.31. The van der Waals surface area contributed by atoms with Crippen LogP contribution in [-0.2, 0) is 11.8 Å². The molecule has 2 N–H and O–H groups in total. The highest BCUT2D eigenvalue weighted by atomic mass is 16.1. The lowest BCUT2D eigenvalue weighted by Crippen LogP contribution is -2.28. The number of aromatic nitrogens is 4. The van der Waals surface area contributed by atoms with E-state index in [0.29, 0.717) is 18.1 Å². The third-order valence-electron chi connectivity index (χ3n) is 2.54. The number of anilines is 1. The fourth-order valence-corrected chi connectivity index (χ4v) is 1.66. The summed E-state index contributed by atoms with van der Waals surface area (Å²) in [5, 5.41) is 16.9. The Morgan fingerprint density at radius 1 is 1.50 bits per heavy atom. The average Bonchev–Trinajstić information content (AvgIpc) is 2.85. The highest BCUT2D eigenvalue weighted by Crippen LogP contribution is 2.19. The largest absolute Gasteiger partial charge is 0.325 e. The number of amides is 1. The first-order chi connectivity index (χ1) is 9.70. The fraction of sp³-hybridized carbons (Fsp3) is 0.231. The third-order valence-corrected chi connectivity index (χ3v) is 2.54. The number of carbonyl (C=O) groups excluding carboxylic acids is 1. The fourth-order valence-electron chi connectivity index (χ4n) is 1.66. The van der Waals surface area contributed by atoms with E-state index in [2.05, 4.69) is 32.1 Å². The standard InChI is InChI=1S/C13H14N6O/c1-3-7-14-9-12(20)15-11-6-4-5-10(8-11)13-16-17-18-19(13)2/h1,4-6,8,14H,7,9H2,2H3,(H,15,20). The van der Waals surface area contributed by atoms with Crippen LogP contribution in [0, 0.1) is 12.3 Å². The normalized spacial score (nSPS) is 10.0. The molecule has 2 rings (SSSR count). The van der Waals surface area contributed by atoms with Gasteiger partial charge in [0.1, 0.15) is 0 Å². The van der Waals surface area contributed by atoms with E-state index in [1.54, 1.807) is 17.8 Å². The van der Waals surface area contributed by atoms with Gasteiger partial charge >= 0.3 is 0 Å². The van der Waals surface area contributed by atoms with Crippen LogP contribution in [0.5, 0.6) is 0 Å². The second kappa shape index (κ2) is 6.45. The number of benzene rings is 1. The minimum Gasteiger partial charge on any atom is -0.325 e. The molecule has 1 heterocycles. The Hall–Kier alpha value is -2.72. The van der Waals surface area contributed by atoms with Gasteiger partial charge in [-0.2, -0.15) is 0 Å². The minimum atomic E-state index is -0.159. The molecule has 0 saturated heterocycles. The van der Waals surface area contributed by atoms with E-state index in [1.807, 2.05) is 18.2 Å². The lowest BCUT2D eigenvalue weighted by atomic mass is 10.2. The molecule has 0 atom stereocenters. The Bertz CT molecular complexity index is 642. The van der Waals surface area contributed by atoms with Crippen LogP contribution in [0.3, 0.4) is 0 Å². The number of carbonyl (C=O) groups is 1. The van der Waals surface area contributed by atoms with Crippen molar-refractivity contribution in [1.29, 1.82) is 0 Å². The van der Waals surface area contributed by atoms with E-state index in [0.717, 1.165) is 5.56 Å². The van der Waals surface area contributed by atoms with Crippen LogP contribution in [0.1, 0.15) is 0 Å². The topological polar surface area (TPSA) is 84.7 Å². The lowest BCUT2D eigenvalue weighted by molar-refractivity contribution is -0.115. The van der Waals surface area contributed by atoms with Crippen molar-refractivity contribution in [3.8, 4) is 23.7 Å². The number of terminal acetylenes is 1. The molecule has 0 unspecified atom stereocenters. The molecule has 102 valence electrons. The van der Waals surface area contributed by atoms with Crippen LogP contribution < -0.4 is 10.6 Å². The molecule has 7 nitrogen and oxygen atoms in total. The summed E-state index contributed by atoms with van der Waals surface area (Å²) in [5.74, 6) is 2.88. The Labute approximate surface area is 116 Å². The molecule has 0 spiro atoms. The van der Waals surface area contributed by atoms with E-state index in [4.69, 9.17) is 6.42 Å². The maximum absolute atomic E-state index is 11.7. The zero-order chi connectivity index (χ0) is 14.4. The number of tetrazole rings is 1. The van der Waals surface area contributed by atoms with Crippen molar-refractivity contribution >= 4 is 11.6 Å². The minimum absolute atomic E-state index is 0.159. The number of aryl methyl sites for hydroxylation is 1. The van der Waals surface area contributed by atoms with Crippen LogP contribution in [-0.4, -0.2) is 39.2 Å². The highest BCUT2D eigenvalue weighted by molar-refractivity contribution is 5.92. The van der Waals surface area contributed by atoms with E-state index >= 15 is 0 Å². The van der Waals surface area contributed by atoms with Gasteiger partial charge in [0.05, 0.1) is 13.1 Å². The van der Waals surface area contributed by atoms with Gasteiger partial charge in [-0.15, -0.1) is 11.5 Å². The molecule has 0 aliphatic rings. The Balaban J connectivity index is 2.05. The SMILES string of the molecule is C#CCNCC(=O)Nc1cccc(-c2nnnn2C)c1. The maximum Gasteiger partial charge on any atom is 0.238 e. The van der Waals surface area contributed by atoms with E-state index in [1.165, 1.54) is 0 Å². The molecular formula is C13H14N6O. The van der Waals surface area contributed by atoms with Crippen molar-refractivity contribution < 1.29 is 4.79 Å². The van der Waals surface area contributed by atoms with Crippen molar-refractivity contribution in [2.24, 2.45) is 7.05 Å². The van der Waals surface area contributed by atoms with Crippen molar-refractivity contribution in [1.82, 2.24) is 25.5 Å². The van der Waals surface area contributed by atoms with Crippen LogP contribution in [0.25, 0.3) is 11.4 Å². The first-order valence-electron chi connectivity index (χ1n) is 5.97. The zero-order valence-electron chi connectivity index (χ0n) is 11.0. The molecule has 0 fully saturated rings. The molecule has 0 saturated carbocycles. The molecule has 0 aliphatic heterocycles. The van der Waals surface area contributed by atoms with E-state index in [9.17, 15) is 4.79 Å². The number of hydrogen-bond donors (Lipinski definition) is 2. The summed E-state index contributed by atoms with van der Waals surface area (Å²) in [4.78, 5) is 11.7. The highest BCUT2D eigenvalue weighted by Gasteiger charge is 2.07. The molecule has 1 amide bonds. The molecule has 1 aromatic carbocycles. The summed E-state index contributed by atoms with van der Waals surface area (Å²) >= 11 is 0. The summed E-state index contributed by atoms with van der Waals surface area (Å²) in [6.45, 7) is 0.526. The first-order valence-corrected chi connectivity index (χ1v) is 5.97. The second-order valence-electron chi connectivity index (χ2n) is 4.06. The predicted octanol–water partition coefficient (Wildman–Crippen LogP) is 0.0384. The molecule has 2 aromatic rings. The van der Waals surface area contributed by atoms with Gasteiger partial charge < -0.3 is 5.32 Å². The summed E-state index contributed by atoms with van der Waals surface area (Å²) in [5.41, 5.74) is 1.50. The summed E-state index contributed by atoms with van der Waals surface area (Å²) in [6.07, 6.45) is 5.09. The van der Waals surface area contributed by atoms with E-state index in [-0.39, 0.29) is 12.5 Å². The molecule has 0 bridgehead atoms. The summed E-state index contributed by atoms with van der Waals surface area (Å²) in [7, 11) is 1.75. The van der Waals surface area contributed by atoms with Crippen LogP contribution in [0.15, 0.2) is 24.3 Å². The van der Waals surface area contributed by atoms with Crippen LogP contribution in [0.2, 0.25) is 0 Å². The van der Waals surface area contributed by atoms with Gasteiger partial charge in [-0.3, -0.25) is 10.1 Å². The summed E-state index contributed by atoms with van der Waals surface area (Å²) < 4.78 is 1.56. The molecule has 20 heavy (non-hydrogen) atoms. The van der Waals surface area contributed by atoms with Crippen LogP contribution in [0.4, 0.5) is 5.69 Å². The van der Waals surface area contributed by atoms with Gasteiger partial charge in [-0.1, -0.05) is 18.1 Å².